The molecule has 2 saturated carbocycles. The molecular weight excluding hydrogens is 637 g/mol. The first kappa shape index (κ1) is 34.7. The van der Waals surface area contributed by atoms with Gasteiger partial charge in [-0.3, -0.25) is 5.32 Å². The van der Waals surface area contributed by atoms with Crippen molar-refractivity contribution in [2.45, 2.75) is 88.4 Å². The van der Waals surface area contributed by atoms with Crippen LogP contribution in [0.5, 0.6) is 0 Å². The Labute approximate surface area is 288 Å². The summed E-state index contributed by atoms with van der Waals surface area (Å²) in [4.78, 5) is 33.3. The molecule has 11 nitrogen and oxygen atoms in total. The summed E-state index contributed by atoms with van der Waals surface area (Å²) in [5.74, 6) is 1.42. The fraction of sp³-hybridized carbons (Fsp3) is 0.471. The van der Waals surface area contributed by atoms with Gasteiger partial charge in [-0.1, -0.05) is 61.4 Å². The zero-order valence-corrected chi connectivity index (χ0v) is 28.1. The van der Waals surface area contributed by atoms with Crippen LogP contribution in [0, 0.1) is 0 Å². The van der Waals surface area contributed by atoms with Crippen LogP contribution in [0.25, 0.3) is 22.3 Å². The number of piperidine rings is 1. The van der Waals surface area contributed by atoms with Gasteiger partial charge in [0.15, 0.2) is 17.0 Å². The quantitative estimate of drug-likeness (QED) is 0.153. The molecule has 0 atom stereocenters. The molecule has 0 bridgehead atoms. The van der Waals surface area contributed by atoms with E-state index < -0.39 is 6.09 Å². The lowest BCUT2D eigenvalue weighted by Crippen LogP contribution is -2.41. The number of imidazole rings is 1. The van der Waals surface area contributed by atoms with Crippen molar-refractivity contribution in [2.75, 3.05) is 29.0 Å². The summed E-state index contributed by atoms with van der Waals surface area (Å²) in [5, 5.41) is 12.0. The van der Waals surface area contributed by atoms with Gasteiger partial charge in [-0.25, -0.2) is 9.78 Å². The van der Waals surface area contributed by atoms with Gasteiger partial charge in [-0.15, -0.1) is 29.9 Å². The molecule has 3 fully saturated rings. The van der Waals surface area contributed by atoms with E-state index in [0.717, 1.165) is 85.2 Å². The van der Waals surface area contributed by atoms with Crippen molar-refractivity contribution in [1.82, 2.24) is 24.6 Å². The van der Waals surface area contributed by atoms with Crippen LogP contribution < -0.4 is 21.7 Å². The number of carbonyl (C=O) groups is 1. The predicted molar refractivity (Wildman–Crippen MR) is 191 cm³/mol. The fourth-order valence-electron chi connectivity index (χ4n) is 6.97. The Morgan fingerprint density at radius 2 is 1.49 bits per heavy atom. The van der Waals surface area contributed by atoms with Gasteiger partial charge in [0.05, 0.1) is 12.0 Å². The first-order valence-electron chi connectivity index (χ1n) is 16.5. The summed E-state index contributed by atoms with van der Waals surface area (Å²) in [6, 6.07) is 19.0. The second kappa shape index (κ2) is 16.0. The number of hydroxylamine groups is 2. The molecule has 5 N–H and O–H groups in total. The molecule has 0 unspecified atom stereocenters. The molecule has 4 aromatic rings. The molecule has 2 aromatic heterocycles. The number of benzene rings is 2. The second-order valence-electron chi connectivity index (χ2n) is 12.7. The summed E-state index contributed by atoms with van der Waals surface area (Å²) in [7, 11) is 0. The van der Waals surface area contributed by atoms with Gasteiger partial charge in [0.2, 0.25) is 5.95 Å². The van der Waals surface area contributed by atoms with Crippen molar-refractivity contribution in [1.29, 1.82) is 0 Å². The number of halogens is 2. The van der Waals surface area contributed by atoms with Crippen LogP contribution in [0.1, 0.15) is 70.3 Å². The monoisotopic (exact) mass is 681 g/mol. The van der Waals surface area contributed by atoms with Gasteiger partial charge in [-0.2, -0.15) is 9.97 Å². The van der Waals surface area contributed by atoms with E-state index in [1.807, 2.05) is 60.9 Å². The van der Waals surface area contributed by atoms with E-state index in [-0.39, 0.29) is 30.9 Å². The van der Waals surface area contributed by atoms with E-state index in [2.05, 4.69) is 20.5 Å². The standard InChI is InChI=1S/C34H43N9O2.2ClH/c35-24-14-16-25(17-15-24)38-33-40-31(30-32(41-33)43(22-36-30)27-10-4-5-11-27)37-26-18-20-42(21-19-26)45-34(44)39-29-13-7-6-12-28(29)23-8-2-1-3-9-23;;/h1-3,6-9,12-13,22,24-27H,4-5,10-11,14-21,35H2,(H,39,44)(H2,37,38,40,41);2*1H/t24-,25-;;. The zero-order chi connectivity index (χ0) is 30.6. The Morgan fingerprint density at radius 1 is 0.809 bits per heavy atom. The van der Waals surface area contributed by atoms with E-state index in [1.165, 1.54) is 12.8 Å². The molecule has 2 aromatic carbocycles. The minimum absolute atomic E-state index is 0. The largest absolute Gasteiger partial charge is 0.430 e. The molecule has 252 valence electrons. The lowest BCUT2D eigenvalue weighted by atomic mass is 9.92. The average molecular weight is 683 g/mol. The number of anilines is 3. The highest BCUT2D eigenvalue weighted by atomic mass is 35.5. The molecule has 0 radical (unpaired) electrons. The number of fused-ring (bicyclic) bond motifs is 1. The molecule has 3 heterocycles. The van der Waals surface area contributed by atoms with Crippen molar-refractivity contribution in [3.63, 3.8) is 0 Å². The summed E-state index contributed by atoms with van der Waals surface area (Å²) in [6.45, 7) is 1.23. The Balaban J connectivity index is 0.00000217. The Hall–Kier alpha value is -3.64. The van der Waals surface area contributed by atoms with Crippen molar-refractivity contribution in [2.24, 2.45) is 5.73 Å². The summed E-state index contributed by atoms with van der Waals surface area (Å²) >= 11 is 0. The van der Waals surface area contributed by atoms with Crippen LogP contribution in [0.4, 0.5) is 22.2 Å². The average Bonchev–Trinajstić information content (AvgIpc) is 3.74. The Kier molecular flexibility index (Phi) is 11.8. The third-order valence-corrected chi connectivity index (χ3v) is 9.50. The van der Waals surface area contributed by atoms with E-state index >= 15 is 0 Å². The van der Waals surface area contributed by atoms with Crippen LogP contribution in [-0.2, 0) is 4.84 Å². The highest BCUT2D eigenvalue weighted by molar-refractivity contribution is 5.91. The topological polar surface area (TPSA) is 135 Å². The number of rotatable bonds is 8. The number of nitrogens with two attached hydrogens (primary N) is 1. The number of hydrogen-bond acceptors (Lipinski definition) is 9. The SMILES string of the molecule is Cl.Cl.N[C@H]1CC[C@H](Nc2nc(NC3CCN(OC(=O)Nc4ccccc4-c4ccccc4)CC3)c3ncn(C4CCCC4)c3n2)CC1. The van der Waals surface area contributed by atoms with Crippen LogP contribution in [0.2, 0.25) is 0 Å². The minimum atomic E-state index is -0.487. The molecule has 47 heavy (non-hydrogen) atoms. The molecule has 2 aliphatic carbocycles. The number of nitrogens with zero attached hydrogens (tertiary/aromatic N) is 5. The number of carbonyl (C=O) groups excluding carboxylic acids is 1. The third kappa shape index (κ3) is 8.27. The Morgan fingerprint density at radius 3 is 2.23 bits per heavy atom. The second-order valence-corrected chi connectivity index (χ2v) is 12.7. The summed E-state index contributed by atoms with van der Waals surface area (Å²) in [6.07, 6.45) is 11.9. The fourth-order valence-corrected chi connectivity index (χ4v) is 6.97. The molecule has 1 aliphatic heterocycles. The van der Waals surface area contributed by atoms with Crippen LogP contribution in [0.15, 0.2) is 60.9 Å². The first-order chi connectivity index (χ1) is 22.1. The summed E-state index contributed by atoms with van der Waals surface area (Å²) < 4.78 is 2.25. The van der Waals surface area contributed by atoms with Crippen LogP contribution in [0.3, 0.4) is 0 Å². The number of nitrogens with one attached hydrogen (secondary N) is 3. The third-order valence-electron chi connectivity index (χ3n) is 9.50. The maximum atomic E-state index is 12.9. The lowest BCUT2D eigenvalue weighted by Gasteiger charge is -2.31. The van der Waals surface area contributed by atoms with Crippen molar-refractivity contribution in [3.8, 4) is 11.1 Å². The van der Waals surface area contributed by atoms with E-state index in [0.29, 0.717) is 37.2 Å². The van der Waals surface area contributed by atoms with E-state index in [9.17, 15) is 4.79 Å². The van der Waals surface area contributed by atoms with Gasteiger partial charge in [0.1, 0.15) is 0 Å². The molecule has 1 amide bonds. The zero-order valence-electron chi connectivity index (χ0n) is 26.5. The van der Waals surface area contributed by atoms with Gasteiger partial charge < -0.3 is 25.8 Å². The molecule has 3 aliphatic rings. The van der Waals surface area contributed by atoms with Crippen molar-refractivity contribution in [3.05, 3.63) is 60.9 Å². The first-order valence-corrected chi connectivity index (χ1v) is 16.5. The maximum absolute atomic E-state index is 12.9. The lowest BCUT2D eigenvalue weighted by molar-refractivity contribution is -0.106. The number of hydrogen-bond donors (Lipinski definition) is 4. The smallest absolute Gasteiger partial charge is 0.365 e. The number of aromatic nitrogens is 4. The molecule has 1 saturated heterocycles. The minimum Gasteiger partial charge on any atom is -0.365 e. The van der Waals surface area contributed by atoms with Crippen molar-refractivity contribution < 1.29 is 9.63 Å². The number of para-hydroxylation sites is 1. The van der Waals surface area contributed by atoms with Gasteiger partial charge in [-0.05, 0) is 63.0 Å². The van der Waals surface area contributed by atoms with Gasteiger partial charge in [0.25, 0.3) is 0 Å². The highest BCUT2D eigenvalue weighted by Gasteiger charge is 2.27. The van der Waals surface area contributed by atoms with E-state index in [1.54, 1.807) is 5.06 Å². The summed E-state index contributed by atoms with van der Waals surface area (Å²) in [5.41, 5.74) is 10.6. The molecule has 7 rings (SSSR count). The van der Waals surface area contributed by atoms with E-state index in [4.69, 9.17) is 25.5 Å². The van der Waals surface area contributed by atoms with Crippen molar-refractivity contribution >= 4 is 59.5 Å². The number of amides is 1. The molecular formula is C34H45Cl2N9O2. The predicted octanol–water partition coefficient (Wildman–Crippen LogP) is 7.17. The highest BCUT2D eigenvalue weighted by Crippen LogP contribution is 2.34. The normalized spacial score (nSPS) is 20.6. The van der Waals surface area contributed by atoms with Gasteiger partial charge in [0, 0.05) is 42.8 Å². The van der Waals surface area contributed by atoms with Gasteiger partial charge >= 0.3 is 6.09 Å². The Bertz CT molecular complexity index is 1600. The maximum Gasteiger partial charge on any atom is 0.430 e. The van der Waals surface area contributed by atoms with Crippen LogP contribution >= 0.6 is 24.8 Å². The molecule has 13 heteroatoms. The molecule has 0 spiro atoms. The van der Waals surface area contributed by atoms with Crippen LogP contribution in [-0.4, -0.2) is 61.9 Å².